The smallest absolute Gasteiger partial charge is 0.325 e. The van der Waals surface area contributed by atoms with Crippen LogP contribution in [0.25, 0.3) is 0 Å². The van der Waals surface area contributed by atoms with Gasteiger partial charge >= 0.3 is 6.18 Å². The van der Waals surface area contributed by atoms with Crippen molar-refractivity contribution in [2.75, 3.05) is 11.1 Å². The van der Waals surface area contributed by atoms with Crippen molar-refractivity contribution in [3.05, 3.63) is 72.6 Å². The average Bonchev–Trinajstić information content (AvgIpc) is 2.72. The van der Waals surface area contributed by atoms with Crippen LogP contribution in [0.5, 0.6) is 0 Å². The summed E-state index contributed by atoms with van der Waals surface area (Å²) in [5, 5.41) is 10.7. The van der Waals surface area contributed by atoms with Gasteiger partial charge in [-0.3, -0.25) is 4.79 Å². The van der Waals surface area contributed by atoms with E-state index in [9.17, 15) is 18.0 Å². The number of azo groups is 1. The van der Waals surface area contributed by atoms with Crippen molar-refractivity contribution < 1.29 is 18.0 Å². The number of rotatable bonds is 6. The number of aromatic nitrogens is 2. The number of anilines is 1. The molecule has 3 rings (SSSR count). The lowest BCUT2D eigenvalue weighted by molar-refractivity contribution is -0.141. The summed E-state index contributed by atoms with van der Waals surface area (Å²) < 4.78 is 37.9. The minimum absolute atomic E-state index is 0.119. The lowest BCUT2D eigenvalue weighted by atomic mass is 10.3. The van der Waals surface area contributed by atoms with Gasteiger partial charge in [0.2, 0.25) is 5.91 Å². The van der Waals surface area contributed by atoms with Crippen LogP contribution in [-0.4, -0.2) is 21.6 Å². The molecule has 3 aromatic rings. The molecular formula is C19H14F3N5OS. The second-order valence-corrected chi connectivity index (χ2v) is 6.58. The number of hydrogen-bond acceptors (Lipinski definition) is 6. The maximum absolute atomic E-state index is 12.6. The molecule has 0 fully saturated rings. The molecule has 0 radical (unpaired) electrons. The standard InChI is InChI=1S/C19H14F3N5OS/c20-19(21,22)16-10-11-23-18(25-16)29-12-17(28)24-13-6-8-15(9-7-13)27-26-14-4-2-1-3-5-14/h1-11H,12H2,(H,24,28). The van der Waals surface area contributed by atoms with E-state index in [1.165, 1.54) is 0 Å². The van der Waals surface area contributed by atoms with Gasteiger partial charge in [0, 0.05) is 11.9 Å². The number of benzene rings is 2. The van der Waals surface area contributed by atoms with Crippen molar-refractivity contribution in [1.29, 1.82) is 0 Å². The van der Waals surface area contributed by atoms with E-state index in [1.54, 1.807) is 24.3 Å². The van der Waals surface area contributed by atoms with Gasteiger partial charge in [0.05, 0.1) is 17.1 Å². The van der Waals surface area contributed by atoms with Gasteiger partial charge in [-0.25, -0.2) is 9.97 Å². The molecule has 1 heterocycles. The maximum Gasteiger partial charge on any atom is 0.433 e. The lowest BCUT2D eigenvalue weighted by Gasteiger charge is -2.07. The first kappa shape index (κ1) is 20.5. The highest BCUT2D eigenvalue weighted by atomic mass is 32.2. The van der Waals surface area contributed by atoms with Crippen LogP contribution >= 0.6 is 11.8 Å². The van der Waals surface area contributed by atoms with E-state index in [1.807, 2.05) is 30.3 Å². The van der Waals surface area contributed by atoms with E-state index < -0.39 is 17.8 Å². The van der Waals surface area contributed by atoms with Crippen molar-refractivity contribution in [3.63, 3.8) is 0 Å². The van der Waals surface area contributed by atoms with Gasteiger partial charge in [-0.05, 0) is 42.5 Å². The Morgan fingerprint density at radius 1 is 0.966 bits per heavy atom. The van der Waals surface area contributed by atoms with Crippen LogP contribution in [0.15, 0.2) is 82.2 Å². The zero-order valence-electron chi connectivity index (χ0n) is 14.8. The fraction of sp³-hybridized carbons (Fsp3) is 0.105. The van der Waals surface area contributed by atoms with Crippen LogP contribution in [0.4, 0.5) is 30.2 Å². The third-order valence-corrected chi connectivity index (χ3v) is 4.31. The molecule has 1 amide bonds. The molecule has 148 valence electrons. The first-order valence-electron chi connectivity index (χ1n) is 8.30. The third-order valence-electron chi connectivity index (χ3n) is 3.44. The van der Waals surface area contributed by atoms with E-state index in [0.29, 0.717) is 11.4 Å². The molecule has 10 heteroatoms. The van der Waals surface area contributed by atoms with E-state index in [-0.39, 0.29) is 10.9 Å². The largest absolute Gasteiger partial charge is 0.433 e. The molecule has 1 aromatic heterocycles. The second kappa shape index (κ2) is 9.28. The Labute approximate surface area is 168 Å². The Hall–Kier alpha value is -3.27. The topological polar surface area (TPSA) is 79.6 Å². The molecule has 0 unspecified atom stereocenters. The summed E-state index contributed by atoms with van der Waals surface area (Å²) in [6, 6.07) is 16.7. The number of nitrogens with one attached hydrogen (secondary N) is 1. The van der Waals surface area contributed by atoms with Gasteiger partial charge < -0.3 is 5.32 Å². The summed E-state index contributed by atoms with van der Waals surface area (Å²) in [7, 11) is 0. The van der Waals surface area contributed by atoms with Crippen LogP contribution in [-0.2, 0) is 11.0 Å². The van der Waals surface area contributed by atoms with Crippen molar-refractivity contribution >= 4 is 34.7 Å². The van der Waals surface area contributed by atoms with Gasteiger partial charge in [-0.15, -0.1) is 0 Å². The summed E-state index contributed by atoms with van der Waals surface area (Å²) in [5.74, 6) is -0.522. The molecule has 2 aromatic carbocycles. The minimum atomic E-state index is -4.56. The number of amides is 1. The first-order chi connectivity index (χ1) is 13.9. The Balaban J connectivity index is 1.53. The monoisotopic (exact) mass is 417 g/mol. The molecular weight excluding hydrogens is 403 g/mol. The molecule has 0 aliphatic rings. The highest BCUT2D eigenvalue weighted by Crippen LogP contribution is 2.28. The molecule has 0 bridgehead atoms. The molecule has 0 saturated heterocycles. The Morgan fingerprint density at radius 3 is 2.28 bits per heavy atom. The molecule has 0 atom stereocenters. The Bertz CT molecular complexity index is 995. The number of thioether (sulfide) groups is 1. The van der Waals surface area contributed by atoms with Crippen molar-refractivity contribution in [2.24, 2.45) is 10.2 Å². The third kappa shape index (κ3) is 6.39. The van der Waals surface area contributed by atoms with E-state index in [2.05, 4.69) is 25.5 Å². The summed E-state index contributed by atoms with van der Waals surface area (Å²) in [4.78, 5) is 19.2. The molecule has 29 heavy (non-hydrogen) atoms. The summed E-state index contributed by atoms with van der Waals surface area (Å²) in [6.07, 6.45) is -3.54. The Morgan fingerprint density at radius 2 is 1.62 bits per heavy atom. The summed E-state index contributed by atoms with van der Waals surface area (Å²) in [6.45, 7) is 0. The second-order valence-electron chi connectivity index (χ2n) is 5.64. The molecule has 0 spiro atoms. The quantitative estimate of drug-likeness (QED) is 0.320. The number of hydrogen-bond donors (Lipinski definition) is 1. The van der Waals surface area contributed by atoms with Gasteiger partial charge in [0.15, 0.2) is 5.16 Å². The fourth-order valence-electron chi connectivity index (χ4n) is 2.12. The van der Waals surface area contributed by atoms with Crippen molar-refractivity contribution in [1.82, 2.24) is 9.97 Å². The van der Waals surface area contributed by atoms with Crippen LogP contribution in [0.3, 0.4) is 0 Å². The normalized spacial score (nSPS) is 11.6. The molecule has 0 saturated carbocycles. The van der Waals surface area contributed by atoms with Crippen LogP contribution in [0, 0.1) is 0 Å². The number of nitrogens with zero attached hydrogens (tertiary/aromatic N) is 4. The zero-order chi connectivity index (χ0) is 20.7. The zero-order valence-corrected chi connectivity index (χ0v) is 15.6. The van der Waals surface area contributed by atoms with Gasteiger partial charge in [0.1, 0.15) is 5.69 Å². The Kier molecular flexibility index (Phi) is 6.55. The molecule has 1 N–H and O–H groups in total. The highest BCUT2D eigenvalue weighted by molar-refractivity contribution is 7.99. The van der Waals surface area contributed by atoms with Gasteiger partial charge in [0.25, 0.3) is 0 Å². The molecule has 6 nitrogen and oxygen atoms in total. The van der Waals surface area contributed by atoms with E-state index in [4.69, 9.17) is 0 Å². The van der Waals surface area contributed by atoms with Crippen LogP contribution in [0.1, 0.15) is 5.69 Å². The van der Waals surface area contributed by atoms with Crippen LogP contribution < -0.4 is 5.32 Å². The molecule has 0 aliphatic carbocycles. The molecule has 0 aliphatic heterocycles. The average molecular weight is 417 g/mol. The minimum Gasteiger partial charge on any atom is -0.325 e. The predicted octanol–water partition coefficient (Wildman–Crippen LogP) is 5.64. The van der Waals surface area contributed by atoms with E-state index in [0.717, 1.165) is 29.7 Å². The highest BCUT2D eigenvalue weighted by Gasteiger charge is 2.32. The SMILES string of the molecule is O=C(CSc1nccc(C(F)(F)F)n1)Nc1ccc(N=Nc2ccccc2)cc1. The fourth-order valence-corrected chi connectivity index (χ4v) is 2.75. The number of halogens is 3. The van der Waals surface area contributed by atoms with Crippen molar-refractivity contribution in [3.8, 4) is 0 Å². The van der Waals surface area contributed by atoms with Gasteiger partial charge in [-0.1, -0.05) is 30.0 Å². The van der Waals surface area contributed by atoms with E-state index >= 15 is 0 Å². The number of alkyl halides is 3. The van der Waals surface area contributed by atoms with Gasteiger partial charge in [-0.2, -0.15) is 23.4 Å². The summed E-state index contributed by atoms with van der Waals surface area (Å²) >= 11 is 0.819. The van der Waals surface area contributed by atoms with Crippen LogP contribution in [0.2, 0.25) is 0 Å². The summed E-state index contributed by atoms with van der Waals surface area (Å²) in [5.41, 5.74) is 0.812. The maximum atomic E-state index is 12.6. The number of carbonyl (C=O) groups is 1. The predicted molar refractivity (Wildman–Crippen MR) is 103 cm³/mol. The number of carbonyl (C=O) groups excluding carboxylic acids is 1. The first-order valence-corrected chi connectivity index (χ1v) is 9.28. The lowest BCUT2D eigenvalue weighted by Crippen LogP contribution is -2.14. The van der Waals surface area contributed by atoms with Crippen molar-refractivity contribution in [2.45, 2.75) is 11.3 Å².